The van der Waals surface area contributed by atoms with Gasteiger partial charge in [-0.1, -0.05) is 44.0 Å². The van der Waals surface area contributed by atoms with E-state index in [0.717, 1.165) is 12.0 Å². The van der Waals surface area contributed by atoms with Crippen LogP contribution in [-0.4, -0.2) is 13.2 Å². The van der Waals surface area contributed by atoms with E-state index in [1.165, 1.54) is 24.8 Å². The quantitative estimate of drug-likeness (QED) is 0.707. The molecule has 1 fully saturated rings. The van der Waals surface area contributed by atoms with Crippen LogP contribution in [0.5, 0.6) is 0 Å². The zero-order chi connectivity index (χ0) is 11.2. The van der Waals surface area contributed by atoms with Crippen molar-refractivity contribution in [3.8, 4) is 0 Å². The smallest absolute Gasteiger partial charge is 0.184 e. The Morgan fingerprint density at radius 2 is 2.00 bits per heavy atom. The highest BCUT2D eigenvalue weighted by atomic mass is 16.7. The molecule has 1 heterocycles. The van der Waals surface area contributed by atoms with Crippen LogP contribution >= 0.6 is 0 Å². The van der Waals surface area contributed by atoms with Gasteiger partial charge in [-0.15, -0.1) is 0 Å². The van der Waals surface area contributed by atoms with Crippen molar-refractivity contribution in [1.29, 1.82) is 0 Å². The summed E-state index contributed by atoms with van der Waals surface area (Å²) >= 11 is 0. The largest absolute Gasteiger partial charge is 0.346 e. The summed E-state index contributed by atoms with van der Waals surface area (Å²) < 4.78 is 11.0. The first-order valence-electron chi connectivity index (χ1n) is 6.22. The van der Waals surface area contributed by atoms with Gasteiger partial charge >= 0.3 is 0 Å². The molecule has 1 aromatic carbocycles. The molecule has 0 saturated carbocycles. The van der Waals surface area contributed by atoms with Crippen molar-refractivity contribution in [2.24, 2.45) is 0 Å². The van der Waals surface area contributed by atoms with Gasteiger partial charge in [0.05, 0.1) is 13.2 Å². The van der Waals surface area contributed by atoms with Gasteiger partial charge in [-0.25, -0.2) is 0 Å². The fraction of sp³-hybridized carbons (Fsp3) is 0.571. The summed E-state index contributed by atoms with van der Waals surface area (Å²) in [7, 11) is 0. The molecule has 0 N–H and O–H groups in total. The van der Waals surface area contributed by atoms with Crippen molar-refractivity contribution < 1.29 is 9.47 Å². The van der Waals surface area contributed by atoms with Gasteiger partial charge in [-0.05, 0) is 18.4 Å². The van der Waals surface area contributed by atoms with Crippen molar-refractivity contribution in [1.82, 2.24) is 0 Å². The van der Waals surface area contributed by atoms with Crippen LogP contribution in [0.4, 0.5) is 0 Å². The Labute approximate surface area is 97.6 Å². The lowest BCUT2D eigenvalue weighted by Gasteiger charge is -2.10. The normalized spacial score (nSPS) is 16.8. The van der Waals surface area contributed by atoms with Gasteiger partial charge < -0.3 is 9.47 Å². The Kier molecular flexibility index (Phi) is 4.37. The van der Waals surface area contributed by atoms with Gasteiger partial charge in [0.15, 0.2) is 6.29 Å². The summed E-state index contributed by atoms with van der Waals surface area (Å²) in [4.78, 5) is 0. The van der Waals surface area contributed by atoms with Gasteiger partial charge in [-0.2, -0.15) is 0 Å². The molecule has 1 saturated heterocycles. The molecule has 0 aliphatic carbocycles. The molecule has 0 spiro atoms. The van der Waals surface area contributed by atoms with Gasteiger partial charge in [0, 0.05) is 5.56 Å². The summed E-state index contributed by atoms with van der Waals surface area (Å²) in [6, 6.07) is 8.58. The second kappa shape index (κ2) is 6.02. The highest BCUT2D eigenvalue weighted by molar-refractivity contribution is 5.24. The van der Waals surface area contributed by atoms with E-state index in [2.05, 4.69) is 31.2 Å². The van der Waals surface area contributed by atoms with E-state index in [1.807, 2.05) is 0 Å². The third-order valence-corrected chi connectivity index (χ3v) is 2.91. The zero-order valence-corrected chi connectivity index (χ0v) is 9.95. The Balaban J connectivity index is 1.95. The van der Waals surface area contributed by atoms with E-state index < -0.39 is 0 Å². The van der Waals surface area contributed by atoms with Crippen LogP contribution in [0.1, 0.15) is 43.6 Å². The third kappa shape index (κ3) is 3.06. The molecule has 2 rings (SSSR count). The molecule has 0 radical (unpaired) electrons. The van der Waals surface area contributed by atoms with Crippen LogP contribution in [0.15, 0.2) is 24.3 Å². The number of hydrogen-bond donors (Lipinski definition) is 0. The third-order valence-electron chi connectivity index (χ3n) is 2.91. The maximum atomic E-state index is 5.50. The highest BCUT2D eigenvalue weighted by Gasteiger charge is 2.17. The van der Waals surface area contributed by atoms with E-state index in [0.29, 0.717) is 13.2 Å². The van der Waals surface area contributed by atoms with E-state index in [-0.39, 0.29) is 6.29 Å². The number of ether oxygens (including phenoxy) is 2. The summed E-state index contributed by atoms with van der Waals surface area (Å²) in [5.74, 6) is 0. The Bertz CT molecular complexity index is 316. The highest BCUT2D eigenvalue weighted by Crippen LogP contribution is 2.24. The number of unbranched alkanes of at least 4 members (excludes halogenated alkanes) is 2. The summed E-state index contributed by atoms with van der Waals surface area (Å²) in [5.41, 5.74) is 2.55. The van der Waals surface area contributed by atoms with Gasteiger partial charge in [0.25, 0.3) is 0 Å². The minimum absolute atomic E-state index is 0.133. The van der Waals surface area contributed by atoms with Crippen LogP contribution in [0, 0.1) is 0 Å². The van der Waals surface area contributed by atoms with Gasteiger partial charge in [-0.3, -0.25) is 0 Å². The molecule has 0 aromatic heterocycles. The summed E-state index contributed by atoms with van der Waals surface area (Å²) in [5, 5.41) is 0. The van der Waals surface area contributed by atoms with Crippen LogP contribution in [0.25, 0.3) is 0 Å². The molecular weight excluding hydrogens is 200 g/mol. The molecule has 0 atom stereocenters. The standard InChI is InChI=1S/C14H20O2/c1-2-3-4-6-12-7-5-8-13(11-12)14-15-9-10-16-14/h5,7-8,11,14H,2-4,6,9-10H2,1H3. The summed E-state index contributed by atoms with van der Waals surface area (Å²) in [6.45, 7) is 3.66. The predicted molar refractivity (Wildman–Crippen MR) is 64.3 cm³/mol. The Morgan fingerprint density at radius 1 is 1.19 bits per heavy atom. The topological polar surface area (TPSA) is 18.5 Å². The lowest BCUT2D eigenvalue weighted by Crippen LogP contribution is -1.98. The maximum absolute atomic E-state index is 5.50. The molecule has 0 amide bonds. The first-order valence-corrected chi connectivity index (χ1v) is 6.22. The van der Waals surface area contributed by atoms with E-state index >= 15 is 0 Å². The average molecular weight is 220 g/mol. The first kappa shape index (κ1) is 11.6. The monoisotopic (exact) mass is 220 g/mol. The van der Waals surface area contributed by atoms with Crippen molar-refractivity contribution >= 4 is 0 Å². The van der Waals surface area contributed by atoms with Crippen LogP contribution in [-0.2, 0) is 15.9 Å². The van der Waals surface area contributed by atoms with Gasteiger partial charge in [0.2, 0.25) is 0 Å². The van der Waals surface area contributed by atoms with Crippen LogP contribution in [0.3, 0.4) is 0 Å². The molecule has 1 aromatic rings. The summed E-state index contributed by atoms with van der Waals surface area (Å²) in [6.07, 6.45) is 4.88. The fourth-order valence-corrected chi connectivity index (χ4v) is 2.03. The fourth-order valence-electron chi connectivity index (χ4n) is 2.03. The molecule has 0 bridgehead atoms. The molecule has 0 unspecified atom stereocenters. The number of benzene rings is 1. The van der Waals surface area contributed by atoms with E-state index in [9.17, 15) is 0 Å². The SMILES string of the molecule is CCCCCc1cccc(C2OCCO2)c1. The Morgan fingerprint density at radius 3 is 2.75 bits per heavy atom. The predicted octanol–water partition coefficient (Wildman–Crippen LogP) is 3.46. The Hall–Kier alpha value is -0.860. The molecule has 16 heavy (non-hydrogen) atoms. The van der Waals surface area contributed by atoms with Crippen molar-refractivity contribution in [3.05, 3.63) is 35.4 Å². The second-order valence-corrected chi connectivity index (χ2v) is 4.28. The molecule has 2 heteroatoms. The molecular formula is C14H20O2. The van der Waals surface area contributed by atoms with Crippen LogP contribution in [0.2, 0.25) is 0 Å². The van der Waals surface area contributed by atoms with Crippen LogP contribution < -0.4 is 0 Å². The lowest BCUT2D eigenvalue weighted by molar-refractivity contribution is -0.0441. The van der Waals surface area contributed by atoms with Crippen molar-refractivity contribution in [2.75, 3.05) is 13.2 Å². The van der Waals surface area contributed by atoms with Crippen molar-refractivity contribution in [3.63, 3.8) is 0 Å². The molecule has 1 aliphatic heterocycles. The second-order valence-electron chi connectivity index (χ2n) is 4.28. The lowest BCUT2D eigenvalue weighted by atomic mass is 10.0. The van der Waals surface area contributed by atoms with Crippen molar-refractivity contribution in [2.45, 2.75) is 38.9 Å². The number of hydrogen-bond acceptors (Lipinski definition) is 2. The molecule has 1 aliphatic rings. The minimum atomic E-state index is -0.133. The first-order chi connectivity index (χ1) is 7.90. The van der Waals surface area contributed by atoms with Gasteiger partial charge in [0.1, 0.15) is 0 Å². The van der Waals surface area contributed by atoms with E-state index in [4.69, 9.17) is 9.47 Å². The zero-order valence-electron chi connectivity index (χ0n) is 9.95. The number of aryl methyl sites for hydroxylation is 1. The molecule has 2 nitrogen and oxygen atoms in total. The maximum Gasteiger partial charge on any atom is 0.184 e. The number of rotatable bonds is 5. The minimum Gasteiger partial charge on any atom is -0.346 e. The van der Waals surface area contributed by atoms with E-state index in [1.54, 1.807) is 0 Å². The average Bonchev–Trinajstić information content (AvgIpc) is 2.83. The molecule has 88 valence electrons.